The van der Waals surface area contributed by atoms with Gasteiger partial charge < -0.3 is 14.8 Å². The van der Waals surface area contributed by atoms with Crippen LogP contribution in [-0.2, 0) is 0 Å². The summed E-state index contributed by atoms with van der Waals surface area (Å²) in [5.74, 6) is 1.25. The first-order valence-electron chi connectivity index (χ1n) is 8.06. The first-order valence-corrected chi connectivity index (χ1v) is 8.94. The minimum absolute atomic E-state index is 0.123. The number of hydrogen-bond acceptors (Lipinski definition) is 4. The summed E-state index contributed by atoms with van der Waals surface area (Å²) in [6, 6.07) is 15.6. The van der Waals surface area contributed by atoms with Crippen LogP contribution in [0, 0.1) is 6.92 Å². The summed E-state index contributed by atoms with van der Waals surface area (Å²) in [4.78, 5) is 13.4. The average Bonchev–Trinajstić information content (AvgIpc) is 3.12. The molecule has 4 rings (SSSR count). The van der Waals surface area contributed by atoms with Gasteiger partial charge in [0, 0.05) is 17.3 Å². The van der Waals surface area contributed by atoms with E-state index in [0.717, 1.165) is 11.1 Å². The molecule has 4 nitrogen and oxygen atoms in total. The maximum absolute atomic E-state index is 12.7. The van der Waals surface area contributed by atoms with Gasteiger partial charge in [0.15, 0.2) is 11.5 Å². The predicted octanol–water partition coefficient (Wildman–Crippen LogP) is 4.75. The number of carbonyl (C=O) groups excluding carboxylic acids is 1. The molecular weight excluding hydrogens is 334 g/mol. The number of anilines is 1. The lowest BCUT2D eigenvalue weighted by Crippen LogP contribution is -2.16. The van der Waals surface area contributed by atoms with E-state index in [1.165, 1.54) is 16.9 Å². The van der Waals surface area contributed by atoms with Crippen LogP contribution in [0.25, 0.3) is 11.1 Å². The molecule has 0 atom stereocenters. The monoisotopic (exact) mass is 351 g/mol. The molecule has 5 heteroatoms. The SMILES string of the molecule is Cc1ccc(-c2ccsc2C(=O)Nc2ccc3c(c2)OCCO3)cc1. The average molecular weight is 351 g/mol. The molecule has 1 N–H and O–H groups in total. The highest BCUT2D eigenvalue weighted by Gasteiger charge is 2.17. The second kappa shape index (κ2) is 6.61. The smallest absolute Gasteiger partial charge is 0.266 e. The van der Waals surface area contributed by atoms with Crippen LogP contribution in [-0.4, -0.2) is 19.1 Å². The number of fused-ring (bicyclic) bond motifs is 1. The van der Waals surface area contributed by atoms with E-state index in [-0.39, 0.29) is 5.91 Å². The molecule has 2 aromatic carbocycles. The fourth-order valence-electron chi connectivity index (χ4n) is 2.75. The maximum atomic E-state index is 12.7. The van der Waals surface area contributed by atoms with E-state index in [1.807, 2.05) is 42.6 Å². The third-order valence-corrected chi connectivity index (χ3v) is 4.95. The summed E-state index contributed by atoms with van der Waals surface area (Å²) < 4.78 is 11.1. The van der Waals surface area contributed by atoms with Crippen LogP contribution in [0.1, 0.15) is 15.2 Å². The molecule has 1 aromatic heterocycles. The van der Waals surface area contributed by atoms with E-state index in [9.17, 15) is 4.79 Å². The molecule has 0 saturated carbocycles. The van der Waals surface area contributed by atoms with Gasteiger partial charge in [-0.25, -0.2) is 0 Å². The van der Waals surface area contributed by atoms with Gasteiger partial charge in [-0.3, -0.25) is 4.79 Å². The lowest BCUT2D eigenvalue weighted by Gasteiger charge is -2.19. The van der Waals surface area contributed by atoms with E-state index >= 15 is 0 Å². The number of hydrogen-bond donors (Lipinski definition) is 1. The van der Waals surface area contributed by atoms with Crippen molar-refractivity contribution in [3.8, 4) is 22.6 Å². The minimum atomic E-state index is -0.123. The maximum Gasteiger partial charge on any atom is 0.266 e. The standard InChI is InChI=1S/C20H17NO3S/c1-13-2-4-14(5-3-13)16-8-11-25-19(16)20(22)21-15-6-7-17-18(12-15)24-10-9-23-17/h2-8,11-12H,9-10H2,1H3,(H,21,22). The largest absolute Gasteiger partial charge is 0.486 e. The number of aryl methyl sites for hydroxylation is 1. The zero-order valence-corrected chi connectivity index (χ0v) is 14.6. The molecule has 0 bridgehead atoms. The van der Waals surface area contributed by atoms with Crippen molar-refractivity contribution in [2.24, 2.45) is 0 Å². The summed E-state index contributed by atoms with van der Waals surface area (Å²) in [6.07, 6.45) is 0. The highest BCUT2D eigenvalue weighted by Crippen LogP contribution is 2.34. The molecule has 25 heavy (non-hydrogen) atoms. The number of nitrogens with one attached hydrogen (secondary N) is 1. The van der Waals surface area contributed by atoms with E-state index < -0.39 is 0 Å². The number of rotatable bonds is 3. The van der Waals surface area contributed by atoms with Gasteiger partial charge in [0.1, 0.15) is 13.2 Å². The summed E-state index contributed by atoms with van der Waals surface area (Å²) in [5, 5.41) is 4.89. The Balaban J connectivity index is 1.58. The van der Waals surface area contributed by atoms with Crippen LogP contribution in [0.5, 0.6) is 11.5 Å². The second-order valence-electron chi connectivity index (χ2n) is 5.84. The number of benzene rings is 2. The first kappa shape index (κ1) is 15.7. The Morgan fingerprint density at radius 2 is 1.76 bits per heavy atom. The van der Waals surface area contributed by atoms with E-state index in [1.54, 1.807) is 6.07 Å². The number of carbonyl (C=O) groups is 1. The summed E-state index contributed by atoms with van der Waals surface area (Å²) in [7, 11) is 0. The van der Waals surface area contributed by atoms with Gasteiger partial charge in [0.2, 0.25) is 0 Å². The van der Waals surface area contributed by atoms with Gasteiger partial charge in [0.05, 0.1) is 4.88 Å². The van der Waals surface area contributed by atoms with Crippen LogP contribution in [0.4, 0.5) is 5.69 Å². The lowest BCUT2D eigenvalue weighted by molar-refractivity contribution is 0.103. The Kier molecular flexibility index (Phi) is 4.15. The molecule has 0 aliphatic carbocycles. The van der Waals surface area contributed by atoms with Crippen molar-refractivity contribution in [1.82, 2.24) is 0 Å². The summed E-state index contributed by atoms with van der Waals surface area (Å²) >= 11 is 1.44. The van der Waals surface area contributed by atoms with Crippen molar-refractivity contribution in [2.75, 3.05) is 18.5 Å². The summed E-state index contributed by atoms with van der Waals surface area (Å²) in [6.45, 7) is 3.12. The van der Waals surface area contributed by atoms with Gasteiger partial charge in [0.25, 0.3) is 5.91 Å². The molecule has 1 aliphatic rings. The molecule has 0 saturated heterocycles. The fourth-order valence-corrected chi connectivity index (χ4v) is 3.57. The van der Waals surface area contributed by atoms with Crippen molar-refractivity contribution < 1.29 is 14.3 Å². The highest BCUT2D eigenvalue weighted by atomic mass is 32.1. The number of ether oxygens (including phenoxy) is 2. The van der Waals surface area contributed by atoms with Crippen molar-refractivity contribution >= 4 is 22.9 Å². The normalized spacial score (nSPS) is 12.7. The number of amides is 1. The van der Waals surface area contributed by atoms with Crippen LogP contribution in [0.15, 0.2) is 53.9 Å². The minimum Gasteiger partial charge on any atom is -0.486 e. The Morgan fingerprint density at radius 1 is 1.00 bits per heavy atom. The van der Waals surface area contributed by atoms with Crippen LogP contribution in [0.3, 0.4) is 0 Å². The van der Waals surface area contributed by atoms with Crippen molar-refractivity contribution in [3.05, 3.63) is 64.4 Å². The Bertz CT molecular complexity index is 915. The molecule has 0 unspecified atom stereocenters. The van der Waals surface area contributed by atoms with Gasteiger partial charge in [-0.2, -0.15) is 0 Å². The molecule has 1 amide bonds. The molecular formula is C20H17NO3S. The Hall–Kier alpha value is -2.79. The van der Waals surface area contributed by atoms with Gasteiger partial charge >= 0.3 is 0 Å². The van der Waals surface area contributed by atoms with E-state index in [4.69, 9.17) is 9.47 Å². The Morgan fingerprint density at radius 3 is 2.56 bits per heavy atom. The summed E-state index contributed by atoms with van der Waals surface area (Å²) in [5.41, 5.74) is 3.87. The highest BCUT2D eigenvalue weighted by molar-refractivity contribution is 7.12. The third-order valence-electron chi connectivity index (χ3n) is 4.03. The quantitative estimate of drug-likeness (QED) is 0.741. The number of thiophene rings is 1. The lowest BCUT2D eigenvalue weighted by atomic mass is 10.0. The van der Waals surface area contributed by atoms with Crippen molar-refractivity contribution in [3.63, 3.8) is 0 Å². The van der Waals surface area contributed by atoms with Gasteiger partial charge in [-0.05, 0) is 36.1 Å². The van der Waals surface area contributed by atoms with Gasteiger partial charge in [-0.1, -0.05) is 29.8 Å². The molecule has 1 aliphatic heterocycles. The fraction of sp³-hybridized carbons (Fsp3) is 0.150. The van der Waals surface area contributed by atoms with Crippen LogP contribution < -0.4 is 14.8 Å². The van der Waals surface area contributed by atoms with Crippen LogP contribution in [0.2, 0.25) is 0 Å². The predicted molar refractivity (Wildman–Crippen MR) is 99.9 cm³/mol. The molecule has 2 heterocycles. The van der Waals surface area contributed by atoms with E-state index in [0.29, 0.717) is 35.3 Å². The van der Waals surface area contributed by atoms with Gasteiger partial charge in [-0.15, -0.1) is 11.3 Å². The Labute approximate surface area is 150 Å². The molecule has 3 aromatic rings. The molecule has 0 radical (unpaired) electrons. The third kappa shape index (κ3) is 3.23. The second-order valence-corrected chi connectivity index (χ2v) is 6.76. The van der Waals surface area contributed by atoms with Crippen molar-refractivity contribution in [2.45, 2.75) is 6.92 Å². The first-order chi connectivity index (χ1) is 12.2. The van der Waals surface area contributed by atoms with Crippen molar-refractivity contribution in [1.29, 1.82) is 0 Å². The molecule has 126 valence electrons. The molecule has 0 fully saturated rings. The van der Waals surface area contributed by atoms with E-state index in [2.05, 4.69) is 17.4 Å². The van der Waals surface area contributed by atoms with Crippen LogP contribution >= 0.6 is 11.3 Å². The zero-order valence-electron chi connectivity index (χ0n) is 13.7. The molecule has 0 spiro atoms. The zero-order chi connectivity index (χ0) is 17.2. The topological polar surface area (TPSA) is 47.6 Å².